The normalized spacial score (nSPS) is 21.8. The van der Waals surface area contributed by atoms with Gasteiger partial charge in [0.05, 0.1) is 6.54 Å². The van der Waals surface area contributed by atoms with Crippen LogP contribution in [0.4, 0.5) is 9.59 Å². The lowest BCUT2D eigenvalue weighted by Crippen LogP contribution is -2.67. The Morgan fingerprint density at radius 3 is 2.06 bits per heavy atom. The average Bonchev–Trinajstić information content (AvgIpc) is 2.62. The van der Waals surface area contributed by atoms with Crippen LogP contribution in [0.3, 0.4) is 0 Å². The first-order valence-electron chi connectivity index (χ1n) is 11.2. The van der Waals surface area contributed by atoms with Crippen LogP contribution in [-0.2, 0) is 19.1 Å². The highest BCUT2D eigenvalue weighted by Gasteiger charge is 2.49. The minimum absolute atomic E-state index is 0.0411. The maximum absolute atomic E-state index is 13.1. The van der Waals surface area contributed by atoms with Gasteiger partial charge in [0.2, 0.25) is 5.91 Å². The lowest BCUT2D eigenvalue weighted by molar-refractivity contribution is -0.152. The highest BCUT2D eigenvalue weighted by atomic mass is 16.6. The zero-order chi connectivity index (χ0) is 26.5. The zero-order valence-electron chi connectivity index (χ0n) is 21.0. The number of hydrogen-bond acceptors (Lipinski definition) is 8. The molecule has 194 valence electrons. The van der Waals surface area contributed by atoms with Crippen molar-refractivity contribution in [2.75, 3.05) is 13.1 Å². The molecule has 0 radical (unpaired) electrons. The van der Waals surface area contributed by atoms with Crippen molar-refractivity contribution in [3.05, 3.63) is 0 Å². The molecule has 1 heterocycles. The summed E-state index contributed by atoms with van der Waals surface area (Å²) in [5, 5.41) is 33.4. The number of carbonyl (C=O) groups is 4. The number of rotatable bonds is 7. The van der Waals surface area contributed by atoms with Crippen LogP contribution in [-0.4, -0.2) is 87.1 Å². The quantitative estimate of drug-likeness (QED) is 0.328. The maximum atomic E-state index is 13.1. The molecule has 13 heteroatoms. The van der Waals surface area contributed by atoms with Crippen molar-refractivity contribution in [1.29, 1.82) is 0 Å². The average molecular weight is 487 g/mol. The molecule has 1 aliphatic heterocycles. The summed E-state index contributed by atoms with van der Waals surface area (Å²) < 4.78 is 10.4. The van der Waals surface area contributed by atoms with E-state index in [2.05, 4.69) is 10.6 Å². The molecular weight excluding hydrogens is 449 g/mol. The highest BCUT2D eigenvalue weighted by Crippen LogP contribution is 2.30. The van der Waals surface area contributed by atoms with Crippen LogP contribution in [0.1, 0.15) is 61.3 Å². The first-order valence-corrected chi connectivity index (χ1v) is 11.2. The van der Waals surface area contributed by atoms with E-state index >= 15 is 0 Å². The van der Waals surface area contributed by atoms with E-state index in [4.69, 9.17) is 9.47 Å². The molecular formula is C21H38BN3O9. The Morgan fingerprint density at radius 1 is 1.06 bits per heavy atom. The van der Waals surface area contributed by atoms with Gasteiger partial charge in [0.25, 0.3) is 0 Å². The van der Waals surface area contributed by atoms with Crippen molar-refractivity contribution in [1.82, 2.24) is 15.5 Å². The second-order valence-corrected chi connectivity index (χ2v) is 10.7. The highest BCUT2D eigenvalue weighted by molar-refractivity contribution is 6.40. The standard InChI is InChI=1S/C21H38BN3O9/c1-13(23-17(29)33-19(2,3)4)15(26)25-11-14(8-9-22(31)32)10-21(12-25,16(27)28)24-18(30)34-20(5,6)7/h13-14,31-32H,8-12H2,1-7H3,(H,23,29)(H,24,30)(H,27,28)/t13?,14-,21+/m0/s1. The van der Waals surface area contributed by atoms with Crippen molar-refractivity contribution in [3.63, 3.8) is 0 Å². The SMILES string of the molecule is CC(NC(=O)OC(C)(C)C)C(=O)N1C[C@@H](CCB(O)O)C[C@](NC(=O)OC(C)(C)C)(C(=O)O)C1. The number of likely N-dealkylation sites (tertiary alicyclic amines) is 1. The Balaban J connectivity index is 3.14. The van der Waals surface area contributed by atoms with Crippen molar-refractivity contribution in [3.8, 4) is 0 Å². The minimum Gasteiger partial charge on any atom is -0.479 e. The smallest absolute Gasteiger partial charge is 0.451 e. The summed E-state index contributed by atoms with van der Waals surface area (Å²) in [6.45, 7) is 11.1. The number of carboxylic acids is 1. The number of nitrogens with zero attached hydrogens (tertiary/aromatic N) is 1. The Labute approximate surface area is 200 Å². The molecule has 12 nitrogen and oxygen atoms in total. The van der Waals surface area contributed by atoms with E-state index < -0.39 is 59.9 Å². The fraction of sp³-hybridized carbons (Fsp3) is 0.810. The third-order valence-corrected chi connectivity index (χ3v) is 4.97. The summed E-state index contributed by atoms with van der Waals surface area (Å²) in [5.41, 5.74) is -3.52. The van der Waals surface area contributed by atoms with Crippen LogP contribution >= 0.6 is 0 Å². The van der Waals surface area contributed by atoms with Gasteiger partial charge in [-0.2, -0.15) is 0 Å². The monoisotopic (exact) mass is 487 g/mol. The fourth-order valence-corrected chi connectivity index (χ4v) is 3.69. The molecule has 0 bridgehead atoms. The lowest BCUT2D eigenvalue weighted by atomic mass is 9.75. The largest absolute Gasteiger partial charge is 0.479 e. The van der Waals surface area contributed by atoms with Gasteiger partial charge in [-0.3, -0.25) is 4.79 Å². The third-order valence-electron chi connectivity index (χ3n) is 4.97. The van der Waals surface area contributed by atoms with Crippen LogP contribution in [0.5, 0.6) is 0 Å². The Kier molecular flexibility index (Phi) is 9.77. The number of alkyl carbamates (subject to hydrolysis) is 2. The topological polar surface area (TPSA) is 175 Å². The summed E-state index contributed by atoms with van der Waals surface area (Å²) in [4.78, 5) is 51.2. The van der Waals surface area contributed by atoms with Crippen molar-refractivity contribution in [2.24, 2.45) is 5.92 Å². The molecule has 0 aromatic carbocycles. The second-order valence-electron chi connectivity index (χ2n) is 10.7. The van der Waals surface area contributed by atoms with E-state index in [1.807, 2.05) is 0 Å². The molecule has 1 aliphatic rings. The maximum Gasteiger partial charge on any atom is 0.451 e. The first kappa shape index (κ1) is 29.5. The number of amides is 3. The minimum atomic E-state index is -1.87. The Morgan fingerprint density at radius 2 is 1.59 bits per heavy atom. The van der Waals surface area contributed by atoms with Gasteiger partial charge in [0.1, 0.15) is 17.2 Å². The summed E-state index contributed by atoms with van der Waals surface area (Å²) in [5.74, 6) is -2.41. The number of ether oxygens (including phenoxy) is 2. The molecule has 5 N–H and O–H groups in total. The van der Waals surface area contributed by atoms with Gasteiger partial charge in [-0.25, -0.2) is 14.4 Å². The number of carboxylic acid groups (broad SMARTS) is 1. The van der Waals surface area contributed by atoms with Crippen LogP contribution in [0, 0.1) is 5.92 Å². The van der Waals surface area contributed by atoms with E-state index in [0.29, 0.717) is 0 Å². The summed E-state index contributed by atoms with van der Waals surface area (Å²) in [6, 6.07) is -1.04. The number of hydrogen-bond donors (Lipinski definition) is 5. The van der Waals surface area contributed by atoms with Crippen molar-refractivity contribution >= 4 is 31.2 Å². The molecule has 0 spiro atoms. The van der Waals surface area contributed by atoms with Gasteiger partial charge >= 0.3 is 25.3 Å². The molecule has 0 aliphatic carbocycles. The van der Waals surface area contributed by atoms with E-state index in [1.165, 1.54) is 11.8 Å². The van der Waals surface area contributed by atoms with Crippen molar-refractivity contribution in [2.45, 2.75) is 90.4 Å². The first-order chi connectivity index (χ1) is 15.3. The van der Waals surface area contributed by atoms with E-state index in [9.17, 15) is 34.3 Å². The van der Waals surface area contributed by atoms with Gasteiger partial charge in [-0.05, 0) is 67.1 Å². The third kappa shape index (κ3) is 9.76. The lowest BCUT2D eigenvalue weighted by Gasteiger charge is -2.44. The number of piperidine rings is 1. The zero-order valence-corrected chi connectivity index (χ0v) is 21.0. The predicted molar refractivity (Wildman–Crippen MR) is 123 cm³/mol. The number of carbonyl (C=O) groups excluding carboxylic acids is 3. The molecule has 1 fully saturated rings. The molecule has 1 unspecified atom stereocenters. The number of aliphatic carboxylic acids is 1. The summed E-state index contributed by atoms with van der Waals surface area (Å²) >= 11 is 0. The molecule has 0 saturated carbocycles. The van der Waals surface area contributed by atoms with Gasteiger partial charge < -0.3 is 40.2 Å². The number of nitrogens with one attached hydrogen (secondary N) is 2. The van der Waals surface area contributed by atoms with Crippen LogP contribution < -0.4 is 10.6 Å². The van der Waals surface area contributed by atoms with Gasteiger partial charge in [0.15, 0.2) is 5.54 Å². The van der Waals surface area contributed by atoms with Crippen molar-refractivity contribution < 1.29 is 43.8 Å². The Hall–Kier alpha value is -2.54. The van der Waals surface area contributed by atoms with Crippen LogP contribution in [0.2, 0.25) is 6.32 Å². The molecule has 34 heavy (non-hydrogen) atoms. The fourth-order valence-electron chi connectivity index (χ4n) is 3.69. The molecule has 0 aromatic rings. The van der Waals surface area contributed by atoms with Crippen LogP contribution in [0.15, 0.2) is 0 Å². The summed E-state index contributed by atoms with van der Waals surface area (Å²) in [6.07, 6.45) is -1.65. The van der Waals surface area contributed by atoms with Gasteiger partial charge in [-0.15, -0.1) is 0 Å². The molecule has 0 aromatic heterocycles. The summed E-state index contributed by atoms with van der Waals surface area (Å²) in [7, 11) is -1.60. The second kappa shape index (κ2) is 11.3. The molecule has 3 amide bonds. The van der Waals surface area contributed by atoms with Crippen LogP contribution in [0.25, 0.3) is 0 Å². The van der Waals surface area contributed by atoms with E-state index in [1.54, 1.807) is 41.5 Å². The molecule has 1 rings (SSSR count). The predicted octanol–water partition coefficient (Wildman–Crippen LogP) is 0.959. The van der Waals surface area contributed by atoms with E-state index in [-0.39, 0.29) is 32.3 Å². The molecule has 1 saturated heterocycles. The molecule has 3 atom stereocenters. The van der Waals surface area contributed by atoms with Gasteiger partial charge in [-0.1, -0.05) is 6.42 Å². The Bertz CT molecular complexity index is 764. The van der Waals surface area contributed by atoms with Gasteiger partial charge in [0, 0.05) is 6.54 Å². The van der Waals surface area contributed by atoms with E-state index in [0.717, 1.165) is 0 Å².